The number of carbonyl (C=O) groups excluding carboxylic acids is 1. The molecule has 0 fully saturated rings. The van der Waals surface area contributed by atoms with Gasteiger partial charge < -0.3 is 4.42 Å². The highest BCUT2D eigenvalue weighted by atomic mass is 16.6. The number of furan rings is 1. The first-order valence-electron chi connectivity index (χ1n) is 6.12. The van der Waals surface area contributed by atoms with Crippen LogP contribution in [0.15, 0.2) is 39.9 Å². The maximum absolute atomic E-state index is 11.8. The normalized spacial score (nSPS) is 10.8. The summed E-state index contributed by atoms with van der Waals surface area (Å²) in [7, 11) is 0. The number of amides is 1. The number of hydrogen-bond acceptors (Lipinski definition) is 5. The van der Waals surface area contributed by atoms with Crippen LogP contribution in [0.3, 0.4) is 0 Å². The summed E-state index contributed by atoms with van der Waals surface area (Å²) in [5, 5.41) is 14.1. The molecule has 0 aliphatic heterocycles. The molecule has 0 radical (unpaired) electrons. The lowest BCUT2D eigenvalue weighted by Gasteiger charge is -2.03. The molecule has 2 aromatic rings. The lowest BCUT2D eigenvalue weighted by molar-refractivity contribution is -0.402. The van der Waals surface area contributed by atoms with Gasteiger partial charge in [-0.3, -0.25) is 14.9 Å². The Morgan fingerprint density at radius 1 is 1.29 bits per heavy atom. The van der Waals surface area contributed by atoms with E-state index in [2.05, 4.69) is 10.5 Å². The molecule has 0 bridgehead atoms. The van der Waals surface area contributed by atoms with E-state index >= 15 is 0 Å². The van der Waals surface area contributed by atoms with E-state index in [1.165, 1.54) is 18.3 Å². The van der Waals surface area contributed by atoms with Gasteiger partial charge in [-0.05, 0) is 43.2 Å². The standard InChI is InChI=1S/C14H13N3O4/c1-9-3-4-11(7-10(9)2)14(18)16-15-8-12-5-6-13(21-12)17(19)20/h3-8H,1-2H3,(H,16,18). The van der Waals surface area contributed by atoms with Crippen LogP contribution in [0.5, 0.6) is 0 Å². The van der Waals surface area contributed by atoms with E-state index in [4.69, 9.17) is 4.42 Å². The lowest BCUT2D eigenvalue weighted by atomic mass is 10.1. The summed E-state index contributed by atoms with van der Waals surface area (Å²) in [5.74, 6) is -0.561. The van der Waals surface area contributed by atoms with Gasteiger partial charge in [-0.15, -0.1) is 0 Å². The van der Waals surface area contributed by atoms with E-state index in [0.717, 1.165) is 11.1 Å². The third kappa shape index (κ3) is 3.53. The third-order valence-electron chi connectivity index (χ3n) is 2.92. The zero-order valence-electron chi connectivity index (χ0n) is 11.5. The van der Waals surface area contributed by atoms with Crippen LogP contribution in [-0.2, 0) is 0 Å². The number of carbonyl (C=O) groups is 1. The van der Waals surface area contributed by atoms with E-state index in [0.29, 0.717) is 5.56 Å². The highest BCUT2D eigenvalue weighted by Crippen LogP contribution is 2.13. The minimum Gasteiger partial charge on any atom is -0.400 e. The van der Waals surface area contributed by atoms with Crippen molar-refractivity contribution >= 4 is 18.0 Å². The molecular weight excluding hydrogens is 274 g/mol. The molecule has 0 atom stereocenters. The van der Waals surface area contributed by atoms with Gasteiger partial charge in [-0.1, -0.05) is 6.07 Å². The largest absolute Gasteiger partial charge is 0.433 e. The summed E-state index contributed by atoms with van der Waals surface area (Å²) >= 11 is 0. The van der Waals surface area contributed by atoms with Gasteiger partial charge in [0.25, 0.3) is 5.91 Å². The van der Waals surface area contributed by atoms with Crippen LogP contribution in [0.2, 0.25) is 0 Å². The predicted octanol–water partition coefficient (Wildman–Crippen LogP) is 2.57. The minimum atomic E-state index is -0.648. The molecule has 0 aliphatic carbocycles. The Bertz CT molecular complexity index is 719. The number of hydrazone groups is 1. The summed E-state index contributed by atoms with van der Waals surface area (Å²) in [6.45, 7) is 3.87. The first kappa shape index (κ1) is 14.4. The van der Waals surface area contributed by atoms with E-state index < -0.39 is 4.92 Å². The van der Waals surface area contributed by atoms with Gasteiger partial charge in [0.2, 0.25) is 0 Å². The average molecular weight is 287 g/mol. The van der Waals surface area contributed by atoms with E-state index in [1.54, 1.807) is 12.1 Å². The SMILES string of the molecule is Cc1ccc(C(=O)NN=Cc2ccc([N+](=O)[O-])o2)cc1C. The molecule has 1 N–H and O–H groups in total. The van der Waals surface area contributed by atoms with E-state index in [-0.39, 0.29) is 17.6 Å². The van der Waals surface area contributed by atoms with Gasteiger partial charge in [0.1, 0.15) is 4.92 Å². The van der Waals surface area contributed by atoms with E-state index in [9.17, 15) is 14.9 Å². The molecule has 0 spiro atoms. The smallest absolute Gasteiger partial charge is 0.400 e. The fourth-order valence-electron chi connectivity index (χ4n) is 1.61. The number of rotatable bonds is 4. The molecule has 2 rings (SSSR count). The van der Waals surface area contributed by atoms with Crippen LogP contribution < -0.4 is 5.43 Å². The maximum atomic E-state index is 11.8. The van der Waals surface area contributed by atoms with E-state index in [1.807, 2.05) is 19.9 Å². The number of aryl methyl sites for hydroxylation is 2. The quantitative estimate of drug-likeness (QED) is 0.530. The number of nitro groups is 1. The fraction of sp³-hybridized carbons (Fsp3) is 0.143. The number of hydrogen-bond donors (Lipinski definition) is 1. The van der Waals surface area contributed by atoms with Gasteiger partial charge >= 0.3 is 5.88 Å². The molecule has 108 valence electrons. The van der Waals surface area contributed by atoms with Crippen molar-refractivity contribution < 1.29 is 14.1 Å². The summed E-state index contributed by atoms with van der Waals surface area (Å²) in [6, 6.07) is 7.92. The van der Waals surface area contributed by atoms with Crippen molar-refractivity contribution in [3.05, 3.63) is 62.9 Å². The first-order valence-corrected chi connectivity index (χ1v) is 6.12. The molecule has 0 unspecified atom stereocenters. The van der Waals surface area contributed by atoms with Gasteiger partial charge in [0.15, 0.2) is 5.76 Å². The van der Waals surface area contributed by atoms with Crippen LogP contribution in [0.1, 0.15) is 27.2 Å². The van der Waals surface area contributed by atoms with Crippen molar-refractivity contribution in [3.8, 4) is 0 Å². The molecule has 1 aromatic carbocycles. The minimum absolute atomic E-state index is 0.182. The highest BCUT2D eigenvalue weighted by molar-refractivity contribution is 5.95. The Kier molecular flexibility index (Phi) is 4.13. The second-order valence-corrected chi connectivity index (χ2v) is 4.43. The van der Waals surface area contributed by atoms with Crippen LogP contribution in [0, 0.1) is 24.0 Å². The first-order chi connectivity index (χ1) is 9.97. The molecule has 0 saturated carbocycles. The Balaban J connectivity index is 2.01. The molecule has 0 aliphatic rings. The number of nitrogens with one attached hydrogen (secondary N) is 1. The molecule has 7 nitrogen and oxygen atoms in total. The zero-order chi connectivity index (χ0) is 15.4. The van der Waals surface area contributed by atoms with Crippen molar-refractivity contribution in [1.82, 2.24) is 5.43 Å². The zero-order valence-corrected chi connectivity index (χ0v) is 11.5. The fourth-order valence-corrected chi connectivity index (χ4v) is 1.61. The van der Waals surface area contributed by atoms with Crippen LogP contribution in [0.4, 0.5) is 5.88 Å². The van der Waals surface area contributed by atoms with Gasteiger partial charge in [0, 0.05) is 5.56 Å². The monoisotopic (exact) mass is 287 g/mol. The average Bonchev–Trinajstić information content (AvgIpc) is 2.91. The molecule has 7 heteroatoms. The summed E-state index contributed by atoms with van der Waals surface area (Å²) in [5.41, 5.74) is 4.92. The Morgan fingerprint density at radius 2 is 2.05 bits per heavy atom. The van der Waals surface area contributed by atoms with Gasteiger partial charge in [-0.2, -0.15) is 5.10 Å². The van der Waals surface area contributed by atoms with Crippen molar-refractivity contribution in [1.29, 1.82) is 0 Å². The molecule has 0 saturated heterocycles. The second-order valence-electron chi connectivity index (χ2n) is 4.43. The van der Waals surface area contributed by atoms with Crippen LogP contribution >= 0.6 is 0 Å². The molecular formula is C14H13N3O4. The van der Waals surface area contributed by atoms with Crippen molar-refractivity contribution in [2.24, 2.45) is 5.10 Å². The highest BCUT2D eigenvalue weighted by Gasteiger charge is 2.10. The third-order valence-corrected chi connectivity index (χ3v) is 2.92. The predicted molar refractivity (Wildman–Crippen MR) is 76.3 cm³/mol. The molecule has 1 heterocycles. The maximum Gasteiger partial charge on any atom is 0.433 e. The summed E-state index contributed by atoms with van der Waals surface area (Å²) in [6.07, 6.45) is 1.20. The van der Waals surface area contributed by atoms with Crippen molar-refractivity contribution in [2.45, 2.75) is 13.8 Å². The Hall–Kier alpha value is -2.96. The topological polar surface area (TPSA) is 97.7 Å². The summed E-state index contributed by atoms with van der Waals surface area (Å²) in [4.78, 5) is 21.6. The van der Waals surface area contributed by atoms with Gasteiger partial charge in [-0.25, -0.2) is 5.43 Å². The van der Waals surface area contributed by atoms with Gasteiger partial charge in [0.05, 0.1) is 12.3 Å². The summed E-state index contributed by atoms with van der Waals surface area (Å²) < 4.78 is 4.87. The Morgan fingerprint density at radius 3 is 2.67 bits per heavy atom. The number of nitrogens with zero attached hydrogens (tertiary/aromatic N) is 2. The van der Waals surface area contributed by atoms with Crippen molar-refractivity contribution in [2.75, 3.05) is 0 Å². The number of benzene rings is 1. The van der Waals surface area contributed by atoms with Crippen molar-refractivity contribution in [3.63, 3.8) is 0 Å². The second kappa shape index (κ2) is 6.00. The van der Waals surface area contributed by atoms with Crippen LogP contribution in [0.25, 0.3) is 0 Å². The molecule has 1 amide bonds. The molecule has 21 heavy (non-hydrogen) atoms. The van der Waals surface area contributed by atoms with Crippen LogP contribution in [-0.4, -0.2) is 17.0 Å². The Labute approximate surface area is 120 Å². The molecule has 1 aromatic heterocycles. The lowest BCUT2D eigenvalue weighted by Crippen LogP contribution is -2.17.